The number of aliphatic hydroxyl groups is 1. The van der Waals surface area contributed by atoms with Crippen LogP contribution < -0.4 is 15.5 Å². The summed E-state index contributed by atoms with van der Waals surface area (Å²) in [5, 5.41) is 15.2. The van der Waals surface area contributed by atoms with Gasteiger partial charge in [0.05, 0.1) is 12.1 Å². The van der Waals surface area contributed by atoms with E-state index in [4.69, 9.17) is 0 Å². The summed E-state index contributed by atoms with van der Waals surface area (Å²) in [5.41, 5.74) is 2.35. The first-order chi connectivity index (χ1) is 11.1. The van der Waals surface area contributed by atoms with Crippen LogP contribution in [0.15, 0.2) is 24.3 Å². The molecule has 1 fully saturated rings. The van der Waals surface area contributed by atoms with Gasteiger partial charge < -0.3 is 20.6 Å². The second-order valence-electron chi connectivity index (χ2n) is 6.26. The number of anilines is 1. The SMILES string of the molecule is CCC(O)CCNC(=O)NC(C)c1cccc(N2CCCC2)c1. The van der Waals surface area contributed by atoms with Crippen LogP contribution in [-0.4, -0.2) is 36.9 Å². The highest BCUT2D eigenvalue weighted by Crippen LogP contribution is 2.23. The minimum absolute atomic E-state index is 0.0475. The molecular weight excluding hydrogens is 290 g/mol. The number of nitrogens with one attached hydrogen (secondary N) is 2. The van der Waals surface area contributed by atoms with E-state index in [1.807, 2.05) is 19.9 Å². The number of urea groups is 1. The highest BCUT2D eigenvalue weighted by atomic mass is 16.3. The number of aliphatic hydroxyl groups excluding tert-OH is 1. The van der Waals surface area contributed by atoms with Gasteiger partial charge >= 0.3 is 6.03 Å². The topological polar surface area (TPSA) is 64.6 Å². The van der Waals surface area contributed by atoms with Gasteiger partial charge in [-0.2, -0.15) is 0 Å². The fourth-order valence-electron chi connectivity index (χ4n) is 2.85. The van der Waals surface area contributed by atoms with Crippen molar-refractivity contribution in [1.82, 2.24) is 10.6 Å². The smallest absolute Gasteiger partial charge is 0.315 e. The third kappa shape index (κ3) is 5.43. The third-order valence-electron chi connectivity index (χ3n) is 4.42. The lowest BCUT2D eigenvalue weighted by Crippen LogP contribution is -2.38. The second-order valence-corrected chi connectivity index (χ2v) is 6.26. The van der Waals surface area contributed by atoms with E-state index in [1.54, 1.807) is 0 Å². The number of carbonyl (C=O) groups excluding carboxylic acids is 1. The molecule has 1 saturated heterocycles. The molecule has 2 amide bonds. The fraction of sp³-hybridized carbons (Fsp3) is 0.611. The van der Waals surface area contributed by atoms with Crippen molar-refractivity contribution in [2.24, 2.45) is 0 Å². The Balaban J connectivity index is 1.83. The number of rotatable bonds is 7. The Bertz CT molecular complexity index is 501. The number of amides is 2. The molecule has 1 aromatic carbocycles. The van der Waals surface area contributed by atoms with Gasteiger partial charge in [0.15, 0.2) is 0 Å². The van der Waals surface area contributed by atoms with Crippen LogP contribution in [-0.2, 0) is 0 Å². The van der Waals surface area contributed by atoms with Gasteiger partial charge in [0, 0.05) is 25.3 Å². The third-order valence-corrected chi connectivity index (χ3v) is 4.42. The first kappa shape index (κ1) is 17.6. The van der Waals surface area contributed by atoms with Crippen LogP contribution in [0.5, 0.6) is 0 Å². The Morgan fingerprint density at radius 2 is 2.09 bits per heavy atom. The lowest BCUT2D eigenvalue weighted by molar-refractivity contribution is 0.160. The van der Waals surface area contributed by atoms with Gasteiger partial charge in [0.1, 0.15) is 0 Å². The Hall–Kier alpha value is -1.75. The van der Waals surface area contributed by atoms with Crippen LogP contribution >= 0.6 is 0 Å². The minimum Gasteiger partial charge on any atom is -0.393 e. The predicted octanol–water partition coefficient (Wildman–Crippen LogP) is 2.81. The molecule has 0 radical (unpaired) electrons. The first-order valence-electron chi connectivity index (χ1n) is 8.67. The zero-order valence-electron chi connectivity index (χ0n) is 14.2. The summed E-state index contributed by atoms with van der Waals surface area (Å²) >= 11 is 0. The Kier molecular flexibility index (Phi) is 6.71. The quantitative estimate of drug-likeness (QED) is 0.724. The van der Waals surface area contributed by atoms with Crippen molar-refractivity contribution in [3.8, 4) is 0 Å². The van der Waals surface area contributed by atoms with Crippen LogP contribution in [0, 0.1) is 0 Å². The van der Waals surface area contributed by atoms with Crippen molar-refractivity contribution < 1.29 is 9.90 Å². The second kappa shape index (κ2) is 8.77. The average Bonchev–Trinajstić information content (AvgIpc) is 3.09. The Labute approximate surface area is 139 Å². The number of hydrogen-bond acceptors (Lipinski definition) is 3. The number of benzene rings is 1. The zero-order valence-corrected chi connectivity index (χ0v) is 14.2. The molecule has 1 heterocycles. The van der Waals surface area contributed by atoms with E-state index < -0.39 is 0 Å². The number of hydrogen-bond donors (Lipinski definition) is 3. The van der Waals surface area contributed by atoms with E-state index in [0.717, 1.165) is 18.7 Å². The maximum Gasteiger partial charge on any atom is 0.315 e. The molecule has 2 atom stereocenters. The highest BCUT2D eigenvalue weighted by molar-refractivity contribution is 5.74. The maximum atomic E-state index is 11.9. The molecule has 2 unspecified atom stereocenters. The van der Waals surface area contributed by atoms with Gasteiger partial charge in [-0.1, -0.05) is 19.1 Å². The molecule has 23 heavy (non-hydrogen) atoms. The van der Waals surface area contributed by atoms with E-state index in [-0.39, 0.29) is 18.2 Å². The molecule has 1 aliphatic heterocycles. The summed E-state index contributed by atoms with van der Waals surface area (Å²) in [6, 6.07) is 8.16. The van der Waals surface area contributed by atoms with Gasteiger partial charge in [-0.05, 0) is 50.3 Å². The minimum atomic E-state index is -0.343. The lowest BCUT2D eigenvalue weighted by atomic mass is 10.1. The molecule has 5 nitrogen and oxygen atoms in total. The summed E-state index contributed by atoms with van der Waals surface area (Å²) in [4.78, 5) is 14.3. The van der Waals surface area contributed by atoms with Gasteiger partial charge in [0.2, 0.25) is 0 Å². The molecular formula is C18H29N3O2. The Morgan fingerprint density at radius 3 is 2.78 bits per heavy atom. The Morgan fingerprint density at radius 1 is 1.35 bits per heavy atom. The van der Waals surface area contributed by atoms with Crippen molar-refractivity contribution in [2.75, 3.05) is 24.5 Å². The maximum absolute atomic E-state index is 11.9. The molecule has 128 valence electrons. The molecule has 5 heteroatoms. The van der Waals surface area contributed by atoms with Crippen LogP contribution in [0.25, 0.3) is 0 Å². The van der Waals surface area contributed by atoms with E-state index in [1.165, 1.54) is 18.5 Å². The molecule has 0 bridgehead atoms. The molecule has 3 N–H and O–H groups in total. The molecule has 2 rings (SSSR count). The largest absolute Gasteiger partial charge is 0.393 e. The fourth-order valence-corrected chi connectivity index (χ4v) is 2.85. The normalized spacial score (nSPS) is 16.9. The monoisotopic (exact) mass is 319 g/mol. The van der Waals surface area contributed by atoms with Crippen LogP contribution in [0.4, 0.5) is 10.5 Å². The van der Waals surface area contributed by atoms with Gasteiger partial charge in [-0.15, -0.1) is 0 Å². The molecule has 1 aromatic rings. The molecule has 0 spiro atoms. The van der Waals surface area contributed by atoms with Gasteiger partial charge in [-0.3, -0.25) is 0 Å². The first-order valence-corrected chi connectivity index (χ1v) is 8.67. The number of nitrogens with zero attached hydrogens (tertiary/aromatic N) is 1. The van der Waals surface area contributed by atoms with Gasteiger partial charge in [0.25, 0.3) is 0 Å². The molecule has 0 aromatic heterocycles. The molecule has 0 aliphatic carbocycles. The molecule has 1 aliphatic rings. The number of carbonyl (C=O) groups is 1. The van der Waals surface area contributed by atoms with E-state index in [9.17, 15) is 9.90 Å². The van der Waals surface area contributed by atoms with Gasteiger partial charge in [-0.25, -0.2) is 4.79 Å². The zero-order chi connectivity index (χ0) is 16.7. The summed E-state index contributed by atoms with van der Waals surface area (Å²) < 4.78 is 0. The van der Waals surface area contributed by atoms with Crippen molar-refractivity contribution in [3.05, 3.63) is 29.8 Å². The van der Waals surface area contributed by atoms with E-state index in [0.29, 0.717) is 19.4 Å². The van der Waals surface area contributed by atoms with Crippen molar-refractivity contribution in [3.63, 3.8) is 0 Å². The average molecular weight is 319 g/mol. The lowest BCUT2D eigenvalue weighted by Gasteiger charge is -2.21. The summed E-state index contributed by atoms with van der Waals surface area (Å²) in [5.74, 6) is 0. The standard InChI is InChI=1S/C18H29N3O2/c1-3-17(22)9-10-19-18(23)20-14(2)15-7-6-8-16(13-15)21-11-4-5-12-21/h6-8,13-14,17,22H,3-5,9-12H2,1-2H3,(H2,19,20,23). The molecule has 0 saturated carbocycles. The van der Waals surface area contributed by atoms with Crippen molar-refractivity contribution in [2.45, 2.75) is 51.7 Å². The summed E-state index contributed by atoms with van der Waals surface area (Å²) in [6.45, 7) is 6.64. The van der Waals surface area contributed by atoms with Crippen LogP contribution in [0.2, 0.25) is 0 Å². The van der Waals surface area contributed by atoms with Crippen molar-refractivity contribution >= 4 is 11.7 Å². The van der Waals surface area contributed by atoms with Crippen LogP contribution in [0.3, 0.4) is 0 Å². The highest BCUT2D eigenvalue weighted by Gasteiger charge is 2.15. The van der Waals surface area contributed by atoms with E-state index >= 15 is 0 Å². The summed E-state index contributed by atoms with van der Waals surface area (Å²) in [7, 11) is 0. The van der Waals surface area contributed by atoms with E-state index in [2.05, 4.69) is 33.7 Å². The summed E-state index contributed by atoms with van der Waals surface area (Å²) in [6.07, 6.45) is 3.46. The van der Waals surface area contributed by atoms with Crippen molar-refractivity contribution in [1.29, 1.82) is 0 Å². The van der Waals surface area contributed by atoms with Crippen LogP contribution in [0.1, 0.15) is 51.1 Å². The predicted molar refractivity (Wildman–Crippen MR) is 93.8 cm³/mol.